The van der Waals surface area contributed by atoms with Gasteiger partial charge in [0.15, 0.2) is 0 Å². The minimum atomic E-state index is 0.208. The molecule has 0 N–H and O–H groups in total. The van der Waals surface area contributed by atoms with E-state index in [0.717, 1.165) is 5.69 Å². The monoisotopic (exact) mass is 790 g/mol. The zero-order chi connectivity index (χ0) is 41.4. The molecular formula is C59H67N. The molecule has 60 heavy (non-hydrogen) atoms. The Morgan fingerprint density at radius 2 is 0.933 bits per heavy atom. The maximum atomic E-state index is 5.38. The summed E-state index contributed by atoms with van der Waals surface area (Å²) in [5.41, 5.74) is 25.3. The first-order valence-electron chi connectivity index (χ1n) is 23.8. The molecule has 0 aliphatic heterocycles. The average Bonchev–Trinajstić information content (AvgIpc) is 3.84. The fourth-order valence-corrected chi connectivity index (χ4v) is 12.7. The van der Waals surface area contributed by atoms with Crippen LogP contribution < -0.4 is 0 Å². The van der Waals surface area contributed by atoms with Gasteiger partial charge in [0.25, 0.3) is 0 Å². The fourth-order valence-electron chi connectivity index (χ4n) is 12.7. The van der Waals surface area contributed by atoms with Gasteiger partial charge in [-0.25, -0.2) is 0 Å². The predicted molar refractivity (Wildman–Crippen MR) is 257 cm³/mol. The first-order chi connectivity index (χ1) is 29.3. The number of pyridine rings is 1. The highest BCUT2D eigenvalue weighted by molar-refractivity contribution is 5.87. The highest BCUT2D eigenvalue weighted by atomic mass is 14.7. The summed E-state index contributed by atoms with van der Waals surface area (Å²) in [7, 11) is 0. The normalized spacial score (nSPS) is 18.9. The van der Waals surface area contributed by atoms with Crippen LogP contribution in [-0.4, -0.2) is 4.98 Å². The largest absolute Gasteiger partial charge is 0.256 e. The standard InChI is InChI=1S/C59H67N/c1-7-9-11-13-20-50-40(3)32-45(33-41(50)4)48-36-47(37-49(38-48)46-34-42(5)51(43(6)35-46)21-14-12-10-8-2)44-26-27-56(60-39-44)54-24-17-23-53-52-22-15-16-25-55(52)58-28-18-30-59(58,57(53)54)31-19-29-58/h15-17,22-27,32-39H,7-14,18-21,28-31H2,1-6H3. The van der Waals surface area contributed by atoms with Gasteiger partial charge in [-0.15, -0.1) is 0 Å². The zero-order valence-corrected chi connectivity index (χ0v) is 37.6. The number of unbranched alkanes of at least 4 members (excludes halogenated alkanes) is 6. The molecule has 2 saturated carbocycles. The molecule has 0 bridgehead atoms. The molecule has 1 nitrogen and oxygen atoms in total. The first-order valence-corrected chi connectivity index (χ1v) is 23.8. The molecule has 2 fully saturated rings. The van der Waals surface area contributed by atoms with Crippen LogP contribution in [0, 0.1) is 27.7 Å². The zero-order valence-electron chi connectivity index (χ0n) is 37.6. The third kappa shape index (κ3) is 7.08. The summed E-state index contributed by atoms with van der Waals surface area (Å²) in [5.74, 6) is 0. The first kappa shape index (κ1) is 40.6. The average molecular weight is 790 g/mol. The third-order valence-electron chi connectivity index (χ3n) is 15.5. The van der Waals surface area contributed by atoms with Crippen molar-refractivity contribution < 1.29 is 0 Å². The topological polar surface area (TPSA) is 12.9 Å². The fraction of sp³-hybridized carbons (Fsp3) is 0.407. The van der Waals surface area contributed by atoms with E-state index >= 15 is 0 Å². The van der Waals surface area contributed by atoms with Crippen LogP contribution in [0.2, 0.25) is 0 Å². The van der Waals surface area contributed by atoms with Crippen LogP contribution in [-0.2, 0) is 23.7 Å². The number of fused-ring (bicyclic) bond motifs is 3. The Morgan fingerprint density at radius 1 is 0.450 bits per heavy atom. The van der Waals surface area contributed by atoms with Crippen molar-refractivity contribution in [2.75, 3.05) is 0 Å². The van der Waals surface area contributed by atoms with E-state index in [-0.39, 0.29) is 10.8 Å². The smallest absolute Gasteiger partial charge is 0.0705 e. The molecule has 3 aliphatic carbocycles. The summed E-state index contributed by atoms with van der Waals surface area (Å²) in [6.45, 7) is 13.9. The van der Waals surface area contributed by atoms with Gasteiger partial charge < -0.3 is 0 Å². The van der Waals surface area contributed by atoms with Gasteiger partial charge in [0.2, 0.25) is 0 Å². The van der Waals surface area contributed by atoms with Gasteiger partial charge in [0, 0.05) is 28.2 Å². The minimum Gasteiger partial charge on any atom is -0.256 e. The summed E-state index contributed by atoms with van der Waals surface area (Å²) >= 11 is 0. The summed E-state index contributed by atoms with van der Waals surface area (Å²) in [6, 6.07) is 38.2. The van der Waals surface area contributed by atoms with Crippen molar-refractivity contribution in [1.29, 1.82) is 0 Å². The highest BCUT2D eigenvalue weighted by Crippen LogP contribution is 2.70. The molecule has 6 aromatic rings. The van der Waals surface area contributed by atoms with Gasteiger partial charge in [0.05, 0.1) is 5.69 Å². The van der Waals surface area contributed by atoms with Crippen LogP contribution >= 0.6 is 0 Å². The number of benzene rings is 5. The molecule has 3 aliphatic rings. The lowest BCUT2D eigenvalue weighted by Gasteiger charge is -2.48. The molecule has 5 aromatic carbocycles. The Bertz CT molecular complexity index is 2370. The van der Waals surface area contributed by atoms with Crippen molar-refractivity contribution >= 4 is 0 Å². The SMILES string of the molecule is CCCCCCc1c(C)cc(-c2cc(-c3ccc(-c4cccc5c4C46CCCC4(CCC6)c4ccccc4-5)nc3)cc(-c3cc(C)c(CCCCCC)c(C)c3)c2)cc1C. The van der Waals surface area contributed by atoms with Gasteiger partial charge in [-0.1, -0.05) is 138 Å². The van der Waals surface area contributed by atoms with E-state index in [4.69, 9.17) is 4.98 Å². The van der Waals surface area contributed by atoms with Crippen molar-refractivity contribution in [3.63, 3.8) is 0 Å². The number of rotatable bonds is 14. The van der Waals surface area contributed by atoms with E-state index in [2.05, 4.69) is 145 Å². The van der Waals surface area contributed by atoms with Crippen LogP contribution in [0.25, 0.3) is 55.8 Å². The Morgan fingerprint density at radius 3 is 1.47 bits per heavy atom. The number of hydrogen-bond acceptors (Lipinski definition) is 1. The molecule has 0 atom stereocenters. The van der Waals surface area contributed by atoms with Crippen molar-refractivity contribution in [2.24, 2.45) is 0 Å². The molecule has 308 valence electrons. The van der Waals surface area contributed by atoms with Crippen LogP contribution in [0.1, 0.15) is 148 Å². The maximum absolute atomic E-state index is 5.38. The summed E-state index contributed by atoms with van der Waals surface area (Å²) < 4.78 is 0. The molecular weight excluding hydrogens is 723 g/mol. The van der Waals surface area contributed by atoms with Crippen LogP contribution in [0.5, 0.6) is 0 Å². The number of aryl methyl sites for hydroxylation is 4. The summed E-state index contributed by atoms with van der Waals surface area (Å²) in [4.78, 5) is 5.38. The molecule has 0 spiro atoms. The Hall–Kier alpha value is -4.75. The molecule has 0 saturated heterocycles. The Balaban J connectivity index is 1.12. The van der Waals surface area contributed by atoms with Crippen molar-refractivity contribution in [1.82, 2.24) is 4.98 Å². The second kappa shape index (κ2) is 17.0. The van der Waals surface area contributed by atoms with E-state index in [1.54, 1.807) is 11.1 Å². The predicted octanol–water partition coefficient (Wildman–Crippen LogP) is 16.8. The van der Waals surface area contributed by atoms with Crippen molar-refractivity contribution in [2.45, 2.75) is 155 Å². The van der Waals surface area contributed by atoms with Gasteiger partial charge in [-0.05, 0) is 187 Å². The highest BCUT2D eigenvalue weighted by Gasteiger charge is 2.62. The molecule has 1 heteroatoms. The van der Waals surface area contributed by atoms with E-state index in [9.17, 15) is 0 Å². The molecule has 1 aromatic heterocycles. The third-order valence-corrected chi connectivity index (χ3v) is 15.5. The van der Waals surface area contributed by atoms with Crippen molar-refractivity contribution in [3.05, 3.63) is 148 Å². The Labute approximate surface area is 362 Å². The van der Waals surface area contributed by atoms with Gasteiger partial charge >= 0.3 is 0 Å². The number of aromatic nitrogens is 1. The summed E-state index contributed by atoms with van der Waals surface area (Å²) in [6.07, 6.45) is 22.7. The van der Waals surface area contributed by atoms with Gasteiger partial charge in [0.1, 0.15) is 0 Å². The lowest BCUT2D eigenvalue weighted by Crippen LogP contribution is -2.44. The second-order valence-electron chi connectivity index (χ2n) is 19.2. The van der Waals surface area contributed by atoms with Crippen LogP contribution in [0.4, 0.5) is 0 Å². The number of nitrogens with zero attached hydrogens (tertiary/aromatic N) is 1. The van der Waals surface area contributed by atoms with Gasteiger partial charge in [-0.2, -0.15) is 0 Å². The lowest BCUT2D eigenvalue weighted by atomic mass is 9.54. The molecule has 0 amide bonds. The molecule has 1 heterocycles. The maximum Gasteiger partial charge on any atom is 0.0705 e. The quantitative estimate of drug-likeness (QED) is 0.100. The Kier molecular flexibility index (Phi) is 11.5. The molecule has 9 rings (SSSR count). The van der Waals surface area contributed by atoms with Crippen LogP contribution in [0.15, 0.2) is 103 Å². The lowest BCUT2D eigenvalue weighted by molar-refractivity contribution is 0.300. The van der Waals surface area contributed by atoms with Crippen molar-refractivity contribution in [3.8, 4) is 55.8 Å². The van der Waals surface area contributed by atoms with Crippen LogP contribution in [0.3, 0.4) is 0 Å². The molecule has 0 unspecified atom stereocenters. The number of hydrogen-bond donors (Lipinski definition) is 0. The van der Waals surface area contributed by atoms with E-state index in [0.29, 0.717) is 0 Å². The summed E-state index contributed by atoms with van der Waals surface area (Å²) in [5, 5.41) is 0. The molecule has 0 radical (unpaired) electrons. The minimum absolute atomic E-state index is 0.208. The van der Waals surface area contributed by atoms with Gasteiger partial charge in [-0.3, -0.25) is 4.98 Å². The van der Waals surface area contributed by atoms with E-state index in [1.807, 2.05) is 0 Å². The van der Waals surface area contributed by atoms with E-state index < -0.39 is 0 Å². The second-order valence-corrected chi connectivity index (χ2v) is 19.2. The van der Waals surface area contributed by atoms with E-state index in [1.165, 1.54) is 186 Å².